The number of amides is 1. The minimum atomic E-state index is -0.155. The standard InChI is InChI=1S/C20H19N3O4S/c1-13-2-5-15(6-3-13)28-9-8-18(24)21-20-23-22-19(27-20)11-14-4-7-16-17(10-14)26-12-25-16/h2-7,10H,8-9,11-12H2,1H3,(H,21,23,24). The molecule has 7 nitrogen and oxygen atoms in total. The lowest BCUT2D eigenvalue weighted by Crippen LogP contribution is -2.12. The van der Waals surface area contributed by atoms with Crippen LogP contribution >= 0.6 is 11.8 Å². The molecule has 0 aliphatic carbocycles. The number of aryl methyl sites for hydroxylation is 1. The third kappa shape index (κ3) is 4.64. The van der Waals surface area contributed by atoms with Gasteiger partial charge in [-0.3, -0.25) is 10.1 Å². The molecule has 28 heavy (non-hydrogen) atoms. The highest BCUT2D eigenvalue weighted by Gasteiger charge is 2.15. The number of nitrogens with one attached hydrogen (secondary N) is 1. The Hall–Kier alpha value is -3.00. The topological polar surface area (TPSA) is 86.5 Å². The van der Waals surface area contributed by atoms with E-state index in [1.807, 2.05) is 25.1 Å². The fourth-order valence-electron chi connectivity index (χ4n) is 2.68. The number of thioether (sulfide) groups is 1. The van der Waals surface area contributed by atoms with Crippen LogP contribution in [0.25, 0.3) is 0 Å². The van der Waals surface area contributed by atoms with E-state index in [9.17, 15) is 4.79 Å². The molecule has 0 spiro atoms. The molecule has 1 aliphatic rings. The zero-order valence-electron chi connectivity index (χ0n) is 15.3. The second-order valence-electron chi connectivity index (χ2n) is 6.33. The Balaban J connectivity index is 1.26. The molecule has 0 saturated carbocycles. The summed E-state index contributed by atoms with van der Waals surface area (Å²) in [5, 5.41) is 10.5. The lowest BCUT2D eigenvalue weighted by molar-refractivity contribution is -0.115. The van der Waals surface area contributed by atoms with Crippen LogP contribution in [0.15, 0.2) is 51.8 Å². The van der Waals surface area contributed by atoms with E-state index in [1.165, 1.54) is 5.56 Å². The number of carbonyl (C=O) groups excluding carboxylic acids is 1. The van der Waals surface area contributed by atoms with Crippen molar-refractivity contribution in [2.24, 2.45) is 0 Å². The van der Waals surface area contributed by atoms with Crippen molar-refractivity contribution in [1.29, 1.82) is 0 Å². The first-order valence-electron chi connectivity index (χ1n) is 8.86. The lowest BCUT2D eigenvalue weighted by atomic mass is 10.1. The molecular formula is C20H19N3O4S. The molecule has 1 aromatic heterocycles. The average Bonchev–Trinajstić information content (AvgIpc) is 3.32. The molecule has 2 heterocycles. The van der Waals surface area contributed by atoms with Gasteiger partial charge in [0.1, 0.15) is 0 Å². The Labute approximate surface area is 166 Å². The summed E-state index contributed by atoms with van der Waals surface area (Å²) in [7, 11) is 0. The normalized spacial score (nSPS) is 12.2. The Bertz CT molecular complexity index is 972. The fourth-order valence-corrected chi connectivity index (χ4v) is 3.53. The minimum absolute atomic E-state index is 0.112. The molecule has 0 atom stereocenters. The summed E-state index contributed by atoms with van der Waals surface area (Å²) in [5.74, 6) is 2.37. The molecule has 0 bridgehead atoms. The molecule has 2 aromatic carbocycles. The van der Waals surface area contributed by atoms with Gasteiger partial charge in [-0.25, -0.2) is 0 Å². The number of ether oxygens (including phenoxy) is 2. The molecule has 3 aromatic rings. The van der Waals surface area contributed by atoms with E-state index in [0.29, 0.717) is 30.2 Å². The molecule has 4 rings (SSSR count). The summed E-state index contributed by atoms with van der Waals surface area (Å²) in [5.41, 5.74) is 2.18. The van der Waals surface area contributed by atoms with Gasteiger partial charge in [-0.1, -0.05) is 28.9 Å². The van der Waals surface area contributed by atoms with Crippen LogP contribution in [0.3, 0.4) is 0 Å². The number of hydrogen-bond donors (Lipinski definition) is 1. The summed E-state index contributed by atoms with van der Waals surface area (Å²) in [4.78, 5) is 13.2. The van der Waals surface area contributed by atoms with Crippen molar-refractivity contribution >= 4 is 23.7 Å². The summed E-state index contributed by atoms with van der Waals surface area (Å²) >= 11 is 1.64. The predicted octanol–water partition coefficient (Wildman–Crippen LogP) is 3.82. The van der Waals surface area contributed by atoms with E-state index < -0.39 is 0 Å². The van der Waals surface area contributed by atoms with E-state index in [0.717, 1.165) is 16.2 Å². The van der Waals surface area contributed by atoms with Gasteiger partial charge in [-0.05, 0) is 36.8 Å². The van der Waals surface area contributed by atoms with Gasteiger partial charge in [0.15, 0.2) is 11.5 Å². The van der Waals surface area contributed by atoms with Gasteiger partial charge >= 0.3 is 6.01 Å². The maximum absolute atomic E-state index is 12.1. The van der Waals surface area contributed by atoms with Gasteiger partial charge < -0.3 is 13.9 Å². The first kappa shape index (κ1) is 18.4. The number of aromatic nitrogens is 2. The van der Waals surface area contributed by atoms with E-state index >= 15 is 0 Å². The van der Waals surface area contributed by atoms with Gasteiger partial charge in [0, 0.05) is 17.1 Å². The van der Waals surface area contributed by atoms with Crippen LogP contribution < -0.4 is 14.8 Å². The maximum atomic E-state index is 12.1. The van der Waals surface area contributed by atoms with E-state index in [-0.39, 0.29) is 18.7 Å². The van der Waals surface area contributed by atoms with Crippen LogP contribution in [0.1, 0.15) is 23.4 Å². The fraction of sp³-hybridized carbons (Fsp3) is 0.250. The largest absolute Gasteiger partial charge is 0.454 e. The van der Waals surface area contributed by atoms with Crippen molar-refractivity contribution in [3.05, 3.63) is 59.5 Å². The summed E-state index contributed by atoms with van der Waals surface area (Å²) in [6, 6.07) is 14.0. The number of rotatable bonds is 7. The van der Waals surface area contributed by atoms with Crippen molar-refractivity contribution in [3.8, 4) is 11.5 Å². The van der Waals surface area contributed by atoms with Crippen LogP contribution in [0.5, 0.6) is 11.5 Å². The van der Waals surface area contributed by atoms with E-state index in [4.69, 9.17) is 13.9 Å². The Morgan fingerprint density at radius 2 is 1.93 bits per heavy atom. The maximum Gasteiger partial charge on any atom is 0.322 e. The Morgan fingerprint density at radius 3 is 2.79 bits per heavy atom. The monoisotopic (exact) mass is 397 g/mol. The highest BCUT2D eigenvalue weighted by atomic mass is 32.2. The van der Waals surface area contributed by atoms with E-state index in [2.05, 4.69) is 39.8 Å². The smallest absolute Gasteiger partial charge is 0.322 e. The van der Waals surface area contributed by atoms with Gasteiger partial charge in [-0.2, -0.15) is 0 Å². The highest BCUT2D eigenvalue weighted by Crippen LogP contribution is 2.33. The van der Waals surface area contributed by atoms with Crippen molar-refractivity contribution in [3.63, 3.8) is 0 Å². The number of anilines is 1. The molecule has 0 fully saturated rings. The molecule has 0 saturated heterocycles. The molecule has 144 valence electrons. The molecular weight excluding hydrogens is 378 g/mol. The van der Waals surface area contributed by atoms with E-state index in [1.54, 1.807) is 11.8 Å². The third-order valence-electron chi connectivity index (χ3n) is 4.12. The number of nitrogens with zero attached hydrogens (tertiary/aromatic N) is 2. The predicted molar refractivity (Wildman–Crippen MR) is 105 cm³/mol. The number of hydrogen-bond acceptors (Lipinski definition) is 7. The molecule has 8 heteroatoms. The molecule has 0 radical (unpaired) electrons. The van der Waals surface area contributed by atoms with Crippen molar-refractivity contribution in [2.45, 2.75) is 24.7 Å². The first-order chi connectivity index (χ1) is 13.7. The Kier molecular flexibility index (Phi) is 5.48. The van der Waals surface area contributed by atoms with Crippen molar-refractivity contribution in [2.75, 3.05) is 17.9 Å². The lowest BCUT2D eigenvalue weighted by Gasteiger charge is -2.02. The third-order valence-corrected chi connectivity index (χ3v) is 5.14. The van der Waals surface area contributed by atoms with Crippen molar-refractivity contribution < 1.29 is 18.7 Å². The highest BCUT2D eigenvalue weighted by molar-refractivity contribution is 7.99. The average molecular weight is 397 g/mol. The second kappa shape index (κ2) is 8.35. The van der Waals surface area contributed by atoms with Crippen molar-refractivity contribution in [1.82, 2.24) is 10.2 Å². The zero-order chi connectivity index (χ0) is 19.3. The van der Waals surface area contributed by atoms with Gasteiger partial charge in [-0.15, -0.1) is 16.9 Å². The Morgan fingerprint density at radius 1 is 1.11 bits per heavy atom. The van der Waals surface area contributed by atoms with Gasteiger partial charge in [0.05, 0.1) is 6.42 Å². The summed E-state index contributed by atoms with van der Waals surface area (Å²) in [6.45, 7) is 2.28. The van der Waals surface area contributed by atoms with Gasteiger partial charge in [0.2, 0.25) is 18.6 Å². The quantitative estimate of drug-likeness (QED) is 0.607. The number of carbonyl (C=O) groups is 1. The summed E-state index contributed by atoms with van der Waals surface area (Å²) in [6.07, 6.45) is 0.807. The van der Waals surface area contributed by atoms with Crippen LogP contribution in [0, 0.1) is 6.92 Å². The van der Waals surface area contributed by atoms with Gasteiger partial charge in [0.25, 0.3) is 0 Å². The molecule has 1 amide bonds. The van der Waals surface area contributed by atoms with Crippen LogP contribution in [0.4, 0.5) is 6.01 Å². The molecule has 0 unspecified atom stereocenters. The summed E-state index contributed by atoms with van der Waals surface area (Å²) < 4.78 is 16.2. The number of fused-ring (bicyclic) bond motifs is 1. The minimum Gasteiger partial charge on any atom is -0.454 e. The molecule has 1 aliphatic heterocycles. The van der Waals surface area contributed by atoms with Crippen LogP contribution in [0.2, 0.25) is 0 Å². The second-order valence-corrected chi connectivity index (χ2v) is 7.49. The van der Waals surface area contributed by atoms with Crippen LogP contribution in [-0.2, 0) is 11.2 Å². The first-order valence-corrected chi connectivity index (χ1v) is 9.84. The SMILES string of the molecule is Cc1ccc(SCCC(=O)Nc2nnc(Cc3ccc4c(c3)OCO4)o2)cc1. The number of benzene rings is 2. The zero-order valence-corrected chi connectivity index (χ0v) is 16.1. The molecule has 1 N–H and O–H groups in total. The van der Waals surface area contributed by atoms with Crippen LogP contribution in [-0.4, -0.2) is 28.7 Å².